The van der Waals surface area contributed by atoms with Gasteiger partial charge in [0.2, 0.25) is 19.1 Å². The zero-order chi connectivity index (χ0) is 30.3. The van der Waals surface area contributed by atoms with E-state index in [-0.39, 0.29) is 23.7 Å². The number of hydrogen-bond donors (Lipinski definition) is 2. The number of H-pyrrole nitrogens is 1. The molecule has 0 saturated carbocycles. The molecule has 3 N–H and O–H groups in total. The third-order valence-corrected chi connectivity index (χ3v) is 6.81. The highest BCUT2D eigenvalue weighted by molar-refractivity contribution is 7.42. The first-order valence-corrected chi connectivity index (χ1v) is 13.2. The number of aromatic amines is 1. The molecule has 2 atom stereocenters. The van der Waals surface area contributed by atoms with E-state index >= 15 is 8.78 Å². The molecule has 1 aliphatic rings. The Hall–Kier alpha value is -4.14. The number of fused-ring (bicyclic) bond motifs is 1. The summed E-state index contributed by atoms with van der Waals surface area (Å²) in [7, 11) is 0.997. The second-order valence-electron chi connectivity index (χ2n) is 8.50. The quantitative estimate of drug-likeness (QED) is 0.186. The highest BCUT2D eigenvalue weighted by atomic mass is 31.2. The standard InChI is InChI=1S/C24H24F2N5O7P.CH2F2/c1-33-14-3-7-16(8-4-14)37-39(38-17-9-5-15(34-2)6-10-17)35-12-18-11-24(25,26)22(36-18)31-13-28-19-20(31)29-23(27)30-21(19)32;2-1-3/h3-10,13,18,22H,11-12H2,1-2H3,(H3,27,29,30,32);1H2. The second-order valence-corrected chi connectivity index (χ2v) is 9.58. The molecule has 0 spiro atoms. The van der Waals surface area contributed by atoms with Crippen molar-refractivity contribution in [2.75, 3.05) is 33.5 Å². The molecular weight excluding hydrogens is 589 g/mol. The minimum Gasteiger partial charge on any atom is -0.497 e. The Labute approximate surface area is 237 Å². The van der Waals surface area contributed by atoms with E-state index in [9.17, 15) is 13.6 Å². The fourth-order valence-electron chi connectivity index (χ4n) is 3.88. The van der Waals surface area contributed by atoms with Crippen LogP contribution >= 0.6 is 8.60 Å². The summed E-state index contributed by atoms with van der Waals surface area (Å²) < 4.78 is 83.9. The Morgan fingerprint density at radius 1 is 1.02 bits per heavy atom. The lowest BCUT2D eigenvalue weighted by Crippen LogP contribution is -2.26. The largest absolute Gasteiger partial charge is 0.497 e. The van der Waals surface area contributed by atoms with Crippen LogP contribution in [0.15, 0.2) is 59.7 Å². The Bertz CT molecular complexity index is 1460. The number of alkyl halides is 4. The van der Waals surface area contributed by atoms with Crippen molar-refractivity contribution in [2.45, 2.75) is 24.7 Å². The molecule has 0 aliphatic carbocycles. The SMILES string of the molecule is COc1ccc(OP(OCC2CC(F)(F)C(n3cnc4c(=O)[nH]c(N)nc43)O2)Oc2ccc(OC)cc2)cc1.FCF. The lowest BCUT2D eigenvalue weighted by atomic mass is 10.2. The van der Waals surface area contributed by atoms with Crippen LogP contribution in [-0.4, -0.2) is 59.3 Å². The van der Waals surface area contributed by atoms with Crippen molar-refractivity contribution in [3.05, 3.63) is 65.2 Å². The average Bonchev–Trinajstić information content (AvgIpc) is 3.52. The second kappa shape index (κ2) is 13.7. The summed E-state index contributed by atoms with van der Waals surface area (Å²) in [5, 5.41) is 0. The number of aromatic nitrogens is 4. The van der Waals surface area contributed by atoms with Crippen molar-refractivity contribution in [1.29, 1.82) is 0 Å². The third kappa shape index (κ3) is 7.38. The summed E-state index contributed by atoms with van der Waals surface area (Å²) in [5.41, 5.74) is 4.70. The molecule has 2 unspecified atom stereocenters. The van der Waals surface area contributed by atoms with E-state index in [0.717, 1.165) is 10.9 Å². The average molecular weight is 615 g/mol. The maximum Gasteiger partial charge on any atom is 0.463 e. The molecule has 0 amide bonds. The van der Waals surface area contributed by atoms with Crippen LogP contribution in [0.4, 0.5) is 23.5 Å². The third-order valence-electron chi connectivity index (χ3n) is 5.73. The molecular formula is C25H26F4N5O7P. The van der Waals surface area contributed by atoms with E-state index in [1.807, 2.05) is 0 Å². The van der Waals surface area contributed by atoms with Crippen LogP contribution in [0.5, 0.6) is 23.0 Å². The smallest absolute Gasteiger partial charge is 0.463 e. The van der Waals surface area contributed by atoms with Crippen LogP contribution in [0.1, 0.15) is 12.6 Å². The summed E-state index contributed by atoms with van der Waals surface area (Å²) in [4.78, 5) is 22.2. The number of halogens is 4. The molecule has 0 radical (unpaired) electrons. The van der Waals surface area contributed by atoms with Gasteiger partial charge in [-0.15, -0.1) is 0 Å². The van der Waals surface area contributed by atoms with Crippen LogP contribution in [0.2, 0.25) is 0 Å². The number of nitrogens with two attached hydrogens (primary N) is 1. The molecule has 226 valence electrons. The van der Waals surface area contributed by atoms with Crippen LogP contribution in [0.25, 0.3) is 11.2 Å². The monoisotopic (exact) mass is 615 g/mol. The maximum atomic E-state index is 15.1. The Morgan fingerprint density at radius 3 is 2.07 bits per heavy atom. The molecule has 4 aromatic rings. The fraction of sp³-hybridized carbons (Fsp3) is 0.320. The number of anilines is 1. The predicted molar refractivity (Wildman–Crippen MR) is 143 cm³/mol. The van der Waals surface area contributed by atoms with Gasteiger partial charge in [0.15, 0.2) is 11.2 Å². The molecule has 12 nitrogen and oxygen atoms in total. The molecule has 3 heterocycles. The summed E-state index contributed by atoms with van der Waals surface area (Å²) in [6.45, 7) is -2.02. The number of nitrogens with zero attached hydrogens (tertiary/aromatic N) is 3. The van der Waals surface area contributed by atoms with Gasteiger partial charge in [-0.25, -0.2) is 22.5 Å². The number of rotatable bonds is 10. The normalized spacial score (nSPS) is 17.5. The van der Waals surface area contributed by atoms with E-state index in [0.29, 0.717) is 23.0 Å². The molecule has 2 aromatic carbocycles. The minimum atomic E-state index is -3.32. The molecule has 17 heteroatoms. The van der Waals surface area contributed by atoms with Gasteiger partial charge in [0.05, 0.1) is 33.3 Å². The van der Waals surface area contributed by atoms with Crippen LogP contribution in [0, 0.1) is 0 Å². The van der Waals surface area contributed by atoms with Crippen molar-refractivity contribution in [3.63, 3.8) is 0 Å². The van der Waals surface area contributed by atoms with Crippen molar-refractivity contribution in [3.8, 4) is 23.0 Å². The van der Waals surface area contributed by atoms with Gasteiger partial charge in [-0.3, -0.25) is 18.9 Å². The van der Waals surface area contributed by atoms with Gasteiger partial charge in [-0.1, -0.05) is 0 Å². The van der Waals surface area contributed by atoms with Gasteiger partial charge in [-0.2, -0.15) is 4.98 Å². The zero-order valence-electron chi connectivity index (χ0n) is 22.2. The first kappa shape index (κ1) is 30.8. The molecule has 42 heavy (non-hydrogen) atoms. The first-order valence-electron chi connectivity index (χ1n) is 12.1. The van der Waals surface area contributed by atoms with Crippen molar-refractivity contribution in [2.24, 2.45) is 0 Å². The topological polar surface area (TPSA) is 145 Å². The summed E-state index contributed by atoms with van der Waals surface area (Å²) in [6, 6.07) is 13.4. The van der Waals surface area contributed by atoms with Gasteiger partial charge in [0.1, 0.15) is 23.0 Å². The number of ether oxygens (including phenoxy) is 3. The number of imidazole rings is 1. The van der Waals surface area contributed by atoms with Gasteiger partial charge >= 0.3 is 8.60 Å². The van der Waals surface area contributed by atoms with Crippen LogP contribution < -0.4 is 29.8 Å². The summed E-state index contributed by atoms with van der Waals surface area (Å²) in [6.07, 6.45) is -2.41. The van der Waals surface area contributed by atoms with E-state index in [2.05, 4.69) is 15.0 Å². The highest BCUT2D eigenvalue weighted by Crippen LogP contribution is 2.46. The van der Waals surface area contributed by atoms with Gasteiger partial charge in [-0.05, 0) is 48.5 Å². The fourth-order valence-corrected chi connectivity index (χ4v) is 4.90. The van der Waals surface area contributed by atoms with Crippen molar-refractivity contribution >= 4 is 25.7 Å². The van der Waals surface area contributed by atoms with E-state index in [1.54, 1.807) is 62.8 Å². The van der Waals surface area contributed by atoms with E-state index < -0.39 is 45.8 Å². The van der Waals surface area contributed by atoms with Crippen molar-refractivity contribution in [1.82, 2.24) is 19.5 Å². The van der Waals surface area contributed by atoms with Crippen molar-refractivity contribution < 1.29 is 45.3 Å². The highest BCUT2D eigenvalue weighted by Gasteiger charge is 2.52. The molecule has 5 rings (SSSR count). The van der Waals surface area contributed by atoms with Gasteiger partial charge in [0.25, 0.3) is 11.5 Å². The van der Waals surface area contributed by atoms with E-state index in [4.69, 9.17) is 33.5 Å². The first-order chi connectivity index (χ1) is 20.2. The zero-order valence-corrected chi connectivity index (χ0v) is 23.1. The lowest BCUT2D eigenvalue weighted by Gasteiger charge is -2.20. The number of nitrogens with one attached hydrogen (secondary N) is 1. The molecule has 1 saturated heterocycles. The Morgan fingerprint density at radius 2 is 1.55 bits per heavy atom. The number of nitrogen functional groups attached to an aromatic ring is 1. The van der Waals surface area contributed by atoms with Gasteiger partial charge < -0.3 is 29.0 Å². The van der Waals surface area contributed by atoms with E-state index in [1.165, 1.54) is 0 Å². The number of benzene rings is 2. The Balaban J connectivity index is 0.00000129. The summed E-state index contributed by atoms with van der Waals surface area (Å²) in [5.74, 6) is -1.46. The van der Waals surface area contributed by atoms with Gasteiger partial charge in [0, 0.05) is 6.42 Å². The molecule has 0 bridgehead atoms. The number of hydrogen-bond acceptors (Lipinski definition) is 10. The summed E-state index contributed by atoms with van der Waals surface area (Å²) >= 11 is 0. The minimum absolute atomic E-state index is 0.115. The van der Waals surface area contributed by atoms with Crippen LogP contribution in [0.3, 0.4) is 0 Å². The predicted octanol–water partition coefficient (Wildman–Crippen LogP) is 4.93. The maximum absolute atomic E-state index is 15.1. The van der Waals surface area contributed by atoms with Crippen LogP contribution in [-0.2, 0) is 9.26 Å². The Kier molecular flexibility index (Phi) is 10.0. The molecule has 1 aliphatic heterocycles. The number of methoxy groups -OCH3 is 2. The molecule has 1 fully saturated rings. The lowest BCUT2D eigenvalue weighted by molar-refractivity contribution is -0.115. The molecule has 2 aromatic heterocycles.